The number of thiazole rings is 1. The van der Waals surface area contributed by atoms with Gasteiger partial charge in [-0.05, 0) is 42.5 Å². The van der Waals surface area contributed by atoms with Crippen molar-refractivity contribution in [2.75, 3.05) is 0 Å². The second-order valence-electron chi connectivity index (χ2n) is 4.77. The van der Waals surface area contributed by atoms with Crippen LogP contribution in [0.2, 0.25) is 0 Å². The van der Waals surface area contributed by atoms with Gasteiger partial charge in [0.05, 0.1) is 10.2 Å². The van der Waals surface area contributed by atoms with E-state index in [4.69, 9.17) is 12.3 Å². The first-order chi connectivity index (χ1) is 10.7. The van der Waals surface area contributed by atoms with Crippen molar-refractivity contribution in [2.24, 2.45) is 0 Å². The molecule has 22 heavy (non-hydrogen) atoms. The van der Waals surface area contributed by atoms with E-state index in [2.05, 4.69) is 9.97 Å². The van der Waals surface area contributed by atoms with E-state index in [0.29, 0.717) is 16.4 Å². The Morgan fingerprint density at radius 3 is 2.64 bits per heavy atom. The maximum Gasteiger partial charge on any atom is 0.182 e. The van der Waals surface area contributed by atoms with Crippen molar-refractivity contribution in [1.82, 2.24) is 9.97 Å². The lowest BCUT2D eigenvalue weighted by molar-refractivity contribution is 0.572. The fourth-order valence-electron chi connectivity index (χ4n) is 2.35. The summed E-state index contributed by atoms with van der Waals surface area (Å²) in [5, 5.41) is 0. The molecule has 4 aromatic rings. The van der Waals surface area contributed by atoms with Crippen LogP contribution in [0.5, 0.6) is 0 Å². The molecule has 0 N–H and O–H groups in total. The lowest BCUT2D eigenvalue weighted by Gasteiger charge is -2.02. The molecule has 0 atom stereocenters. The van der Waals surface area contributed by atoms with Crippen LogP contribution in [0.15, 0.2) is 53.3 Å². The first-order valence-electron chi connectivity index (χ1n) is 6.56. The Balaban J connectivity index is 1.85. The van der Waals surface area contributed by atoms with Crippen molar-refractivity contribution < 1.29 is 8.81 Å². The Labute approximate surface area is 130 Å². The molecule has 2 heterocycles. The van der Waals surface area contributed by atoms with E-state index >= 15 is 0 Å². The molecule has 4 rings (SSSR count). The third-order valence-electron chi connectivity index (χ3n) is 3.35. The van der Waals surface area contributed by atoms with Gasteiger partial charge < -0.3 is 4.42 Å². The third kappa shape index (κ3) is 2.21. The summed E-state index contributed by atoms with van der Waals surface area (Å²) in [6.07, 6.45) is 1.39. The topological polar surface area (TPSA) is 38.9 Å². The number of hydrogen-bond donors (Lipinski definition) is 0. The van der Waals surface area contributed by atoms with Gasteiger partial charge in [-0.3, -0.25) is 4.98 Å². The van der Waals surface area contributed by atoms with Crippen molar-refractivity contribution >= 4 is 34.3 Å². The van der Waals surface area contributed by atoms with Crippen LogP contribution >= 0.6 is 11.3 Å². The van der Waals surface area contributed by atoms with Crippen LogP contribution in [0.4, 0.5) is 4.39 Å². The van der Waals surface area contributed by atoms with Crippen LogP contribution in [0.3, 0.4) is 0 Å². The lowest BCUT2D eigenvalue weighted by Crippen LogP contribution is -1.96. The summed E-state index contributed by atoms with van der Waals surface area (Å²) in [6, 6.07) is 11.9. The van der Waals surface area contributed by atoms with Gasteiger partial charge >= 0.3 is 0 Å². The van der Waals surface area contributed by atoms with Crippen molar-refractivity contribution in [1.29, 1.82) is 0 Å². The van der Waals surface area contributed by atoms with Gasteiger partial charge in [-0.1, -0.05) is 0 Å². The second kappa shape index (κ2) is 5.07. The number of halogens is 1. The average Bonchev–Trinajstić information content (AvgIpc) is 3.12. The van der Waals surface area contributed by atoms with Crippen molar-refractivity contribution in [3.8, 4) is 22.6 Å². The second-order valence-corrected chi connectivity index (χ2v) is 5.83. The van der Waals surface area contributed by atoms with Crippen molar-refractivity contribution in [3.63, 3.8) is 0 Å². The molecule has 0 bridgehead atoms. The van der Waals surface area contributed by atoms with E-state index in [9.17, 15) is 4.39 Å². The fraction of sp³-hybridized carbons (Fsp3) is 0. The Morgan fingerprint density at radius 2 is 1.82 bits per heavy atom. The Morgan fingerprint density at radius 1 is 1.05 bits per heavy atom. The molecule has 0 amide bonds. The molecule has 0 aliphatic carbocycles. The number of aromatic nitrogens is 2. The van der Waals surface area contributed by atoms with Gasteiger partial charge in [0, 0.05) is 16.0 Å². The zero-order valence-corrected chi connectivity index (χ0v) is 12.1. The average molecular weight is 306 g/mol. The van der Waals surface area contributed by atoms with Crippen LogP contribution in [-0.2, 0) is 0 Å². The van der Waals surface area contributed by atoms with Gasteiger partial charge in [-0.25, -0.2) is 9.37 Å². The number of hydrogen-bond acceptors (Lipinski definition) is 4. The first kappa shape index (κ1) is 13.2. The zero-order valence-electron chi connectivity index (χ0n) is 11.3. The molecule has 0 saturated carbocycles. The van der Waals surface area contributed by atoms with Gasteiger partial charge in [0.25, 0.3) is 0 Å². The Bertz CT molecular complexity index is 962. The van der Waals surface area contributed by atoms with Gasteiger partial charge in [-0.15, -0.1) is 11.3 Å². The van der Waals surface area contributed by atoms with Crippen LogP contribution < -0.4 is 4.91 Å². The molecule has 104 valence electrons. The maximum atomic E-state index is 13.1. The van der Waals surface area contributed by atoms with E-state index in [1.54, 1.807) is 12.1 Å². The monoisotopic (exact) mass is 306 g/mol. The zero-order chi connectivity index (χ0) is 15.1. The molecule has 0 fully saturated rings. The Kier molecular flexibility index (Phi) is 3.04. The van der Waals surface area contributed by atoms with Gasteiger partial charge in [0.2, 0.25) is 0 Å². The molecule has 0 spiro atoms. The molecule has 0 saturated heterocycles. The largest absolute Gasteiger partial charge is 0.443 e. The number of nitrogens with zero attached hydrogens (tertiary/aromatic N) is 2. The quantitative estimate of drug-likeness (QED) is 0.532. The van der Waals surface area contributed by atoms with Gasteiger partial charge in [0.1, 0.15) is 11.5 Å². The molecule has 2 radical (unpaired) electrons. The minimum Gasteiger partial charge on any atom is -0.443 e. The molecule has 6 heteroatoms. The molecular weight excluding hydrogens is 298 g/mol. The smallest absolute Gasteiger partial charge is 0.182 e. The highest BCUT2D eigenvalue weighted by molar-refractivity contribution is 7.25. The minimum absolute atomic E-state index is 0.282. The molecule has 0 aliphatic rings. The number of oxazole rings is 1. The van der Waals surface area contributed by atoms with E-state index in [1.165, 1.54) is 29.9 Å². The predicted octanol–water partition coefficient (Wildman–Crippen LogP) is 3.55. The number of fused-ring (bicyclic) bond motifs is 1. The molecule has 0 unspecified atom stereocenters. The number of rotatable bonds is 2. The molecule has 2 aromatic carbocycles. The Hall–Kier alpha value is -2.47. The molecule has 3 nitrogen and oxygen atoms in total. The molecular formula is C16H8BFN2OS. The van der Waals surface area contributed by atoms with E-state index in [1.807, 2.05) is 18.2 Å². The maximum absolute atomic E-state index is 13.1. The highest BCUT2D eigenvalue weighted by Crippen LogP contribution is 2.33. The normalized spacial score (nSPS) is 11.1. The highest BCUT2D eigenvalue weighted by Gasteiger charge is 2.14. The van der Waals surface area contributed by atoms with Gasteiger partial charge in [0.15, 0.2) is 20.0 Å². The van der Waals surface area contributed by atoms with Crippen molar-refractivity contribution in [3.05, 3.63) is 54.7 Å². The molecule has 2 aromatic heterocycles. The van der Waals surface area contributed by atoms with Crippen molar-refractivity contribution in [2.45, 2.75) is 0 Å². The SMILES string of the molecule is [B]c1nc2ccc(-c3ocnc3-c3ccc(F)cc3)cc2s1. The standard InChI is InChI=1S/C16H8BFN2OS/c17-16-20-12-6-3-10(7-13(12)22-16)15-14(19-8-21-15)9-1-4-11(18)5-2-9/h1-8H. The summed E-state index contributed by atoms with van der Waals surface area (Å²) in [6.45, 7) is 0. The lowest BCUT2D eigenvalue weighted by atomic mass is 10.1. The van der Waals surface area contributed by atoms with Crippen LogP contribution in [0, 0.1) is 5.82 Å². The minimum atomic E-state index is -0.282. The van der Waals surface area contributed by atoms with Crippen LogP contribution in [0.1, 0.15) is 0 Å². The summed E-state index contributed by atoms with van der Waals surface area (Å²) >= 11 is 1.42. The first-order valence-corrected chi connectivity index (χ1v) is 7.38. The highest BCUT2D eigenvalue weighted by atomic mass is 32.1. The van der Waals surface area contributed by atoms with Crippen LogP contribution in [-0.4, -0.2) is 17.8 Å². The fourth-order valence-corrected chi connectivity index (χ4v) is 3.12. The summed E-state index contributed by atoms with van der Waals surface area (Å²) in [5.41, 5.74) is 3.22. The van der Waals surface area contributed by atoms with E-state index < -0.39 is 0 Å². The van der Waals surface area contributed by atoms with E-state index in [0.717, 1.165) is 21.3 Å². The van der Waals surface area contributed by atoms with Gasteiger partial charge in [-0.2, -0.15) is 0 Å². The third-order valence-corrected chi connectivity index (χ3v) is 4.20. The molecule has 0 aliphatic heterocycles. The van der Waals surface area contributed by atoms with Crippen LogP contribution in [0.25, 0.3) is 32.8 Å². The number of benzene rings is 2. The summed E-state index contributed by atoms with van der Waals surface area (Å²) in [5.74, 6) is 0.357. The summed E-state index contributed by atoms with van der Waals surface area (Å²) in [7, 11) is 5.73. The predicted molar refractivity (Wildman–Crippen MR) is 85.9 cm³/mol. The summed E-state index contributed by atoms with van der Waals surface area (Å²) < 4.78 is 19.6. The summed E-state index contributed by atoms with van der Waals surface area (Å²) in [4.78, 5) is 9.02. The van der Waals surface area contributed by atoms with E-state index in [-0.39, 0.29) is 5.82 Å².